The smallest absolute Gasteiger partial charge is 0.451 e. The summed E-state index contributed by atoms with van der Waals surface area (Å²) >= 11 is 0. The van der Waals surface area contributed by atoms with Gasteiger partial charge in [-0.15, -0.1) is 0 Å². The number of aliphatic hydroxyl groups is 1. The SMILES string of the molecule is N#CCC1(n2cc(-c3ncnc4[nH]ccc34)cn2)CN(C2CCCCC2Oc2cc(C3(CO)CC3)nc(C(F)(F)F)n2)C1. The lowest BCUT2D eigenvalue weighted by molar-refractivity contribution is -0.145. The van der Waals surface area contributed by atoms with E-state index in [0.717, 1.165) is 41.6 Å². The van der Waals surface area contributed by atoms with Crippen LogP contribution in [-0.4, -0.2) is 76.5 Å². The van der Waals surface area contributed by atoms with E-state index in [1.54, 1.807) is 12.4 Å². The van der Waals surface area contributed by atoms with E-state index >= 15 is 0 Å². The van der Waals surface area contributed by atoms with E-state index < -0.39 is 23.0 Å². The second-order valence-electron chi connectivity index (χ2n) is 12.0. The second kappa shape index (κ2) is 10.3. The van der Waals surface area contributed by atoms with Gasteiger partial charge >= 0.3 is 6.18 Å². The Morgan fingerprint density at radius 2 is 1.98 bits per heavy atom. The number of hydrogen-bond donors (Lipinski definition) is 2. The van der Waals surface area contributed by atoms with Crippen molar-refractivity contribution in [3.05, 3.63) is 48.6 Å². The van der Waals surface area contributed by atoms with Crippen LogP contribution < -0.4 is 4.74 Å². The quantitative estimate of drug-likeness (QED) is 0.310. The summed E-state index contributed by atoms with van der Waals surface area (Å²) in [4.78, 5) is 21.5. The molecular formula is C29H30F3N9O2. The maximum Gasteiger partial charge on any atom is 0.451 e. The van der Waals surface area contributed by atoms with Crippen LogP contribution in [0.3, 0.4) is 0 Å². The van der Waals surface area contributed by atoms with Crippen LogP contribution in [0.25, 0.3) is 22.3 Å². The van der Waals surface area contributed by atoms with Crippen LogP contribution in [0, 0.1) is 11.3 Å². The van der Waals surface area contributed by atoms with Gasteiger partial charge in [-0.25, -0.2) is 15.0 Å². The molecule has 0 spiro atoms. The average Bonchev–Trinajstić information content (AvgIpc) is 3.36. The Bertz CT molecular complexity index is 1680. The van der Waals surface area contributed by atoms with Gasteiger partial charge in [-0.1, -0.05) is 6.42 Å². The third-order valence-electron chi connectivity index (χ3n) is 9.16. The molecule has 2 aliphatic carbocycles. The summed E-state index contributed by atoms with van der Waals surface area (Å²) in [5, 5.41) is 25.1. The van der Waals surface area contributed by atoms with Crippen LogP contribution in [0.5, 0.6) is 5.88 Å². The molecule has 11 nitrogen and oxygen atoms in total. The molecule has 3 aliphatic rings. The lowest BCUT2D eigenvalue weighted by Crippen LogP contribution is -2.67. The predicted octanol–water partition coefficient (Wildman–Crippen LogP) is 3.97. The molecule has 3 fully saturated rings. The number of likely N-dealkylation sites (tertiary alicyclic amines) is 1. The molecule has 5 heterocycles. The van der Waals surface area contributed by atoms with E-state index in [-0.39, 0.29) is 36.7 Å². The second-order valence-corrected chi connectivity index (χ2v) is 12.0. The molecule has 2 atom stereocenters. The summed E-state index contributed by atoms with van der Waals surface area (Å²) in [6.45, 7) is 0.821. The Labute approximate surface area is 244 Å². The van der Waals surface area contributed by atoms with Gasteiger partial charge < -0.3 is 14.8 Å². The van der Waals surface area contributed by atoms with E-state index in [1.165, 1.54) is 12.4 Å². The van der Waals surface area contributed by atoms with E-state index in [2.05, 4.69) is 41.0 Å². The molecule has 43 heavy (non-hydrogen) atoms. The fraction of sp³-hybridized carbons (Fsp3) is 0.517. The van der Waals surface area contributed by atoms with Crippen molar-refractivity contribution in [1.82, 2.24) is 39.6 Å². The third kappa shape index (κ3) is 4.90. The van der Waals surface area contributed by atoms with Gasteiger partial charge in [-0.3, -0.25) is 9.58 Å². The van der Waals surface area contributed by atoms with Gasteiger partial charge in [-0.05, 0) is 38.2 Å². The predicted molar refractivity (Wildman–Crippen MR) is 147 cm³/mol. The first kappa shape index (κ1) is 27.7. The highest BCUT2D eigenvalue weighted by molar-refractivity contribution is 5.90. The Morgan fingerprint density at radius 1 is 1.16 bits per heavy atom. The van der Waals surface area contributed by atoms with Gasteiger partial charge in [0.1, 0.15) is 23.6 Å². The molecular weight excluding hydrogens is 563 g/mol. The maximum atomic E-state index is 13.7. The van der Waals surface area contributed by atoms with Crippen molar-refractivity contribution < 1.29 is 23.0 Å². The van der Waals surface area contributed by atoms with Crippen LogP contribution in [0.1, 0.15) is 56.5 Å². The first-order chi connectivity index (χ1) is 20.7. The molecule has 0 radical (unpaired) electrons. The number of fused-ring (bicyclic) bond motifs is 1. The van der Waals surface area contributed by atoms with Crippen LogP contribution in [0.4, 0.5) is 13.2 Å². The zero-order chi connectivity index (χ0) is 29.8. The number of aliphatic hydroxyl groups excluding tert-OH is 1. The largest absolute Gasteiger partial charge is 0.473 e. The molecule has 1 aliphatic heterocycles. The number of aromatic amines is 1. The number of nitrogens with one attached hydrogen (secondary N) is 1. The number of alkyl halides is 3. The number of rotatable bonds is 8. The van der Waals surface area contributed by atoms with E-state index in [1.807, 2.05) is 16.9 Å². The van der Waals surface area contributed by atoms with Crippen molar-refractivity contribution in [3.8, 4) is 23.2 Å². The minimum absolute atomic E-state index is 0.0579. The summed E-state index contributed by atoms with van der Waals surface area (Å²) in [5.41, 5.74) is 1.15. The van der Waals surface area contributed by atoms with Gasteiger partial charge in [0.05, 0.1) is 36.7 Å². The zero-order valence-electron chi connectivity index (χ0n) is 23.3. The number of H-pyrrole nitrogens is 1. The molecule has 0 bridgehead atoms. The van der Waals surface area contributed by atoms with Crippen LogP contribution >= 0.6 is 0 Å². The number of ether oxygens (including phenoxy) is 1. The minimum atomic E-state index is -4.73. The normalized spacial score (nSPS) is 23.0. The summed E-state index contributed by atoms with van der Waals surface area (Å²) in [5.74, 6) is -1.37. The van der Waals surface area contributed by atoms with Crippen molar-refractivity contribution in [2.45, 2.75) is 74.2 Å². The highest BCUT2D eigenvalue weighted by Crippen LogP contribution is 2.48. The van der Waals surface area contributed by atoms with Gasteiger partial charge in [0, 0.05) is 54.0 Å². The van der Waals surface area contributed by atoms with Gasteiger partial charge in [-0.2, -0.15) is 28.5 Å². The Kier molecular flexibility index (Phi) is 6.62. The van der Waals surface area contributed by atoms with Crippen LogP contribution in [0.15, 0.2) is 37.1 Å². The van der Waals surface area contributed by atoms with Crippen molar-refractivity contribution in [2.24, 2.45) is 0 Å². The Morgan fingerprint density at radius 3 is 2.72 bits per heavy atom. The van der Waals surface area contributed by atoms with Crippen molar-refractivity contribution in [2.75, 3.05) is 19.7 Å². The summed E-state index contributed by atoms with van der Waals surface area (Å²) in [7, 11) is 0. The Balaban J connectivity index is 1.12. The molecule has 2 unspecified atom stereocenters. The zero-order valence-corrected chi connectivity index (χ0v) is 23.3. The summed E-state index contributed by atoms with van der Waals surface area (Å²) in [6.07, 6.45) is 6.57. The fourth-order valence-electron chi connectivity index (χ4n) is 6.55. The first-order valence-corrected chi connectivity index (χ1v) is 14.4. The van der Waals surface area contributed by atoms with Crippen molar-refractivity contribution >= 4 is 11.0 Å². The molecule has 0 aromatic carbocycles. The number of halogens is 3. The van der Waals surface area contributed by atoms with E-state index in [0.29, 0.717) is 32.4 Å². The lowest BCUT2D eigenvalue weighted by Gasteiger charge is -2.54. The maximum absolute atomic E-state index is 13.7. The van der Waals surface area contributed by atoms with Crippen LogP contribution in [-0.2, 0) is 17.1 Å². The van der Waals surface area contributed by atoms with Crippen molar-refractivity contribution in [3.63, 3.8) is 0 Å². The molecule has 4 aromatic heterocycles. The fourth-order valence-corrected chi connectivity index (χ4v) is 6.55. The highest BCUT2D eigenvalue weighted by Gasteiger charge is 2.51. The summed E-state index contributed by atoms with van der Waals surface area (Å²) < 4.78 is 49.2. The number of nitriles is 1. The lowest BCUT2D eigenvalue weighted by atomic mass is 9.81. The highest BCUT2D eigenvalue weighted by atomic mass is 19.4. The van der Waals surface area contributed by atoms with Gasteiger partial charge in [0.25, 0.3) is 0 Å². The van der Waals surface area contributed by atoms with Crippen molar-refractivity contribution in [1.29, 1.82) is 5.26 Å². The number of nitrogens with zero attached hydrogens (tertiary/aromatic N) is 8. The average molecular weight is 594 g/mol. The standard InChI is InChI=1S/C29H30F3N9O2/c30-29(31,32)26-38-22(27(16-42)6-7-27)11-23(39-26)43-21-4-2-1-3-20(21)40-14-28(15-40,8-9-33)41-13-18(12-37-41)24-19-5-10-34-25(19)36-17-35-24/h5,10-13,17,20-21,42H,1-4,6-8,14-16H2,(H,34,35,36). The van der Waals surface area contributed by atoms with Crippen LogP contribution in [0.2, 0.25) is 0 Å². The molecule has 224 valence electrons. The molecule has 1 saturated heterocycles. The first-order valence-electron chi connectivity index (χ1n) is 14.4. The van der Waals surface area contributed by atoms with Gasteiger partial charge in [0.15, 0.2) is 0 Å². The topological polar surface area (TPSA) is 142 Å². The molecule has 7 rings (SSSR count). The third-order valence-corrected chi connectivity index (χ3v) is 9.16. The number of hydrogen-bond acceptors (Lipinski definition) is 9. The minimum Gasteiger partial charge on any atom is -0.473 e. The van der Waals surface area contributed by atoms with E-state index in [9.17, 15) is 23.5 Å². The van der Waals surface area contributed by atoms with Gasteiger partial charge in [0.2, 0.25) is 11.7 Å². The number of aromatic nitrogens is 7. The molecule has 2 saturated carbocycles. The molecule has 4 aromatic rings. The molecule has 14 heteroatoms. The van der Waals surface area contributed by atoms with E-state index in [4.69, 9.17) is 4.74 Å². The monoisotopic (exact) mass is 593 g/mol. The molecule has 0 amide bonds. The Hall–Kier alpha value is -4.09. The summed E-state index contributed by atoms with van der Waals surface area (Å²) in [6, 6.07) is 5.63. The molecule has 2 N–H and O–H groups in total.